The van der Waals surface area contributed by atoms with E-state index in [9.17, 15) is 0 Å². The molecule has 0 spiro atoms. The molecule has 0 radical (unpaired) electrons. The second kappa shape index (κ2) is 11.8. The number of nitrogen functional groups attached to an aromatic ring is 2. The summed E-state index contributed by atoms with van der Waals surface area (Å²) in [6.45, 7) is 15.9. The first-order chi connectivity index (χ1) is 19.9. The molecule has 1 aliphatic carbocycles. The van der Waals surface area contributed by atoms with Gasteiger partial charge in [0, 0.05) is 11.4 Å². The summed E-state index contributed by atoms with van der Waals surface area (Å²) in [6.07, 6.45) is 3.56. The molecule has 0 aliphatic heterocycles. The lowest BCUT2D eigenvalue weighted by Crippen LogP contribution is -2.38. The first-order valence-electron chi connectivity index (χ1n) is 15.2. The van der Waals surface area contributed by atoms with Crippen molar-refractivity contribution in [2.24, 2.45) is 11.8 Å². The molecular formula is C38H46N2O2. The average Bonchev–Trinajstić information content (AvgIpc) is 2.94. The molecule has 0 aromatic heterocycles. The Morgan fingerprint density at radius 2 is 1.12 bits per heavy atom. The summed E-state index contributed by atoms with van der Waals surface area (Å²) in [6, 6.07) is 24.7. The summed E-state index contributed by atoms with van der Waals surface area (Å²) in [7, 11) is 0. The zero-order valence-corrected chi connectivity index (χ0v) is 26.3. The quantitative estimate of drug-likeness (QED) is 0.220. The lowest BCUT2D eigenvalue weighted by atomic mass is 9.57. The van der Waals surface area contributed by atoms with Gasteiger partial charge in [0.1, 0.15) is 23.0 Å². The van der Waals surface area contributed by atoms with Gasteiger partial charge in [0.05, 0.1) is 0 Å². The Hall–Kier alpha value is -3.92. The van der Waals surface area contributed by atoms with Gasteiger partial charge < -0.3 is 20.9 Å². The number of nitrogens with two attached hydrogens (primary N) is 2. The van der Waals surface area contributed by atoms with Crippen LogP contribution in [0.1, 0.15) is 79.3 Å². The van der Waals surface area contributed by atoms with Crippen LogP contribution < -0.4 is 20.9 Å². The molecule has 3 unspecified atom stereocenters. The Bertz CT molecular complexity index is 1510. The number of rotatable bonds is 7. The highest BCUT2D eigenvalue weighted by molar-refractivity contribution is 5.52. The smallest absolute Gasteiger partial charge is 0.133 e. The van der Waals surface area contributed by atoms with Crippen LogP contribution in [0.3, 0.4) is 0 Å². The van der Waals surface area contributed by atoms with Gasteiger partial charge in [0.2, 0.25) is 0 Å². The predicted molar refractivity (Wildman–Crippen MR) is 176 cm³/mol. The number of aryl methyl sites for hydroxylation is 4. The maximum absolute atomic E-state index is 6.36. The van der Waals surface area contributed by atoms with Crippen LogP contribution >= 0.6 is 0 Å². The summed E-state index contributed by atoms with van der Waals surface area (Å²) in [5, 5.41) is 0. The minimum atomic E-state index is -0.00114. The van der Waals surface area contributed by atoms with Crippen LogP contribution in [0.15, 0.2) is 72.8 Å². The van der Waals surface area contributed by atoms with E-state index in [2.05, 4.69) is 72.7 Å². The molecule has 4 nitrogen and oxygen atoms in total. The molecule has 4 aromatic carbocycles. The van der Waals surface area contributed by atoms with Crippen molar-refractivity contribution in [1.82, 2.24) is 0 Å². The van der Waals surface area contributed by atoms with Crippen LogP contribution in [-0.4, -0.2) is 0 Å². The molecule has 4 heteroatoms. The van der Waals surface area contributed by atoms with Crippen molar-refractivity contribution in [3.63, 3.8) is 0 Å². The molecule has 1 aliphatic rings. The molecule has 1 saturated carbocycles. The van der Waals surface area contributed by atoms with Gasteiger partial charge in [-0.3, -0.25) is 0 Å². The van der Waals surface area contributed by atoms with Gasteiger partial charge in [0.25, 0.3) is 0 Å². The summed E-state index contributed by atoms with van der Waals surface area (Å²) >= 11 is 0. The van der Waals surface area contributed by atoms with E-state index in [0.717, 1.165) is 63.0 Å². The maximum atomic E-state index is 6.36. The first-order valence-corrected chi connectivity index (χ1v) is 15.2. The van der Waals surface area contributed by atoms with Gasteiger partial charge in [-0.2, -0.15) is 0 Å². The molecule has 3 atom stereocenters. The maximum Gasteiger partial charge on any atom is 0.133 e. The van der Waals surface area contributed by atoms with E-state index >= 15 is 0 Å². The van der Waals surface area contributed by atoms with Crippen molar-refractivity contribution < 1.29 is 9.47 Å². The van der Waals surface area contributed by atoms with E-state index in [4.69, 9.17) is 20.9 Å². The highest BCUT2D eigenvalue weighted by Crippen LogP contribution is 2.53. The fraction of sp³-hybridized carbons (Fsp3) is 0.368. The van der Waals surface area contributed by atoms with Gasteiger partial charge >= 0.3 is 0 Å². The standard InChI is InChI=1S/C38H46N2O2/c1-23(2)28-16-17-38(7,30-20-26(5)37(27(6)21-30)42-34-14-10-32(40)11-15-34)35(22-28)29-18-24(3)36(25(4)19-29)41-33-12-8-31(39)9-13-33/h8-15,18-21,23,28,35H,16-17,22,39-40H2,1-7H3. The SMILES string of the molecule is Cc1cc(C2CC(C(C)C)CCC2(C)c2cc(C)c(Oc3ccc(N)cc3)c(C)c2)cc(C)c1Oc1ccc(N)cc1. The van der Waals surface area contributed by atoms with Crippen molar-refractivity contribution in [3.8, 4) is 23.0 Å². The van der Waals surface area contributed by atoms with Crippen LogP contribution in [0, 0.1) is 39.5 Å². The van der Waals surface area contributed by atoms with Crippen molar-refractivity contribution in [1.29, 1.82) is 0 Å². The van der Waals surface area contributed by atoms with E-state index in [1.54, 1.807) is 0 Å². The number of hydrogen-bond acceptors (Lipinski definition) is 4. The minimum absolute atomic E-state index is 0.00114. The monoisotopic (exact) mass is 562 g/mol. The molecular weight excluding hydrogens is 516 g/mol. The van der Waals surface area contributed by atoms with Crippen molar-refractivity contribution in [3.05, 3.63) is 106 Å². The molecule has 4 N–H and O–H groups in total. The van der Waals surface area contributed by atoms with E-state index < -0.39 is 0 Å². The summed E-state index contributed by atoms with van der Waals surface area (Å²) in [4.78, 5) is 0. The van der Waals surface area contributed by atoms with Crippen molar-refractivity contribution >= 4 is 11.4 Å². The fourth-order valence-electron chi connectivity index (χ4n) is 6.89. The van der Waals surface area contributed by atoms with Gasteiger partial charge in [-0.15, -0.1) is 0 Å². The van der Waals surface area contributed by atoms with Crippen LogP contribution in [0.4, 0.5) is 11.4 Å². The number of hydrogen-bond donors (Lipinski definition) is 2. The largest absolute Gasteiger partial charge is 0.457 e. The highest BCUT2D eigenvalue weighted by Gasteiger charge is 2.43. The number of anilines is 2. The fourth-order valence-corrected chi connectivity index (χ4v) is 6.89. The first kappa shape index (κ1) is 29.6. The highest BCUT2D eigenvalue weighted by atomic mass is 16.5. The van der Waals surface area contributed by atoms with Gasteiger partial charge in [0.15, 0.2) is 0 Å². The zero-order valence-electron chi connectivity index (χ0n) is 26.3. The van der Waals surface area contributed by atoms with E-state index in [-0.39, 0.29) is 5.41 Å². The second-order valence-electron chi connectivity index (χ2n) is 13.0. The number of ether oxygens (including phenoxy) is 2. The van der Waals surface area contributed by atoms with E-state index in [1.807, 2.05) is 48.5 Å². The van der Waals surface area contributed by atoms with Gasteiger partial charge in [-0.1, -0.05) is 45.0 Å². The Labute approximate surface area is 252 Å². The lowest BCUT2D eigenvalue weighted by molar-refractivity contribution is 0.172. The van der Waals surface area contributed by atoms with Crippen LogP contribution in [-0.2, 0) is 5.41 Å². The Balaban J connectivity index is 1.51. The normalized spacial score (nSPS) is 20.5. The molecule has 5 rings (SSSR count). The Kier molecular flexibility index (Phi) is 8.28. The Morgan fingerprint density at radius 1 is 0.690 bits per heavy atom. The Morgan fingerprint density at radius 3 is 1.55 bits per heavy atom. The zero-order chi connectivity index (χ0) is 30.2. The number of benzene rings is 4. The molecule has 42 heavy (non-hydrogen) atoms. The molecule has 220 valence electrons. The second-order valence-corrected chi connectivity index (χ2v) is 13.0. The van der Waals surface area contributed by atoms with Gasteiger partial charge in [-0.25, -0.2) is 0 Å². The average molecular weight is 563 g/mol. The van der Waals surface area contributed by atoms with Gasteiger partial charge in [-0.05, 0) is 152 Å². The molecule has 0 amide bonds. The summed E-state index contributed by atoms with van der Waals surface area (Å²) in [5.74, 6) is 5.21. The van der Waals surface area contributed by atoms with Crippen molar-refractivity contribution in [2.75, 3.05) is 11.5 Å². The molecule has 0 bridgehead atoms. The third-order valence-electron chi connectivity index (χ3n) is 9.49. The third-order valence-corrected chi connectivity index (χ3v) is 9.49. The summed E-state index contributed by atoms with van der Waals surface area (Å²) in [5.41, 5.74) is 20.7. The predicted octanol–water partition coefficient (Wildman–Crippen LogP) is 10.2. The summed E-state index contributed by atoms with van der Waals surface area (Å²) < 4.78 is 12.7. The van der Waals surface area contributed by atoms with Crippen LogP contribution in [0.2, 0.25) is 0 Å². The lowest BCUT2D eigenvalue weighted by Gasteiger charge is -2.47. The molecule has 1 fully saturated rings. The van der Waals surface area contributed by atoms with Crippen molar-refractivity contribution in [2.45, 2.75) is 79.1 Å². The third kappa shape index (κ3) is 5.99. The topological polar surface area (TPSA) is 70.5 Å². The minimum Gasteiger partial charge on any atom is -0.457 e. The van der Waals surface area contributed by atoms with Crippen LogP contribution in [0.25, 0.3) is 0 Å². The van der Waals surface area contributed by atoms with E-state index in [0.29, 0.717) is 17.8 Å². The van der Waals surface area contributed by atoms with E-state index in [1.165, 1.54) is 24.0 Å². The van der Waals surface area contributed by atoms with Crippen LogP contribution in [0.5, 0.6) is 23.0 Å². The molecule has 4 aromatic rings. The molecule has 0 saturated heterocycles. The molecule has 0 heterocycles.